The van der Waals surface area contributed by atoms with Gasteiger partial charge in [-0.05, 0) is 25.3 Å². The predicted molar refractivity (Wildman–Crippen MR) is 76.7 cm³/mol. The molecule has 3 nitrogen and oxygen atoms in total. The number of rotatable bonds is 8. The number of aryl methyl sites for hydroxylation is 1. The summed E-state index contributed by atoms with van der Waals surface area (Å²) in [5.41, 5.74) is 2.50. The van der Waals surface area contributed by atoms with Gasteiger partial charge in [0.15, 0.2) is 0 Å². The molecular formula is C14H21NO2S. The number of hydrogen-bond acceptors (Lipinski definition) is 3. The van der Waals surface area contributed by atoms with Gasteiger partial charge < -0.3 is 10.4 Å². The normalized spacial score (nSPS) is 10.3. The Morgan fingerprint density at radius 3 is 2.67 bits per heavy atom. The van der Waals surface area contributed by atoms with Crippen molar-refractivity contribution < 1.29 is 9.90 Å². The fourth-order valence-electron chi connectivity index (χ4n) is 1.46. The number of aliphatic hydroxyl groups is 1. The molecule has 1 aromatic carbocycles. The minimum Gasteiger partial charge on any atom is -0.396 e. The molecule has 100 valence electrons. The maximum Gasteiger partial charge on any atom is 0.230 e. The van der Waals surface area contributed by atoms with Gasteiger partial charge in [-0.15, -0.1) is 11.8 Å². The summed E-state index contributed by atoms with van der Waals surface area (Å²) in [6, 6.07) is 8.37. The van der Waals surface area contributed by atoms with Crippen molar-refractivity contribution in [1.29, 1.82) is 0 Å². The molecule has 1 aromatic rings. The molecule has 0 heterocycles. The van der Waals surface area contributed by atoms with Crippen molar-refractivity contribution in [3.05, 3.63) is 35.4 Å². The molecule has 0 aliphatic carbocycles. The first-order valence-corrected chi connectivity index (χ1v) is 7.38. The number of carbonyl (C=O) groups is 1. The van der Waals surface area contributed by atoms with E-state index < -0.39 is 0 Å². The molecule has 1 rings (SSSR count). The van der Waals surface area contributed by atoms with Gasteiger partial charge in [-0.2, -0.15) is 0 Å². The molecule has 4 heteroatoms. The number of aliphatic hydroxyl groups excluding tert-OH is 1. The SMILES string of the molecule is Cc1ccc(CSCC(=O)NCCCCO)cc1. The van der Waals surface area contributed by atoms with Crippen molar-refractivity contribution in [3.63, 3.8) is 0 Å². The summed E-state index contributed by atoms with van der Waals surface area (Å²) in [6.45, 7) is 2.92. The van der Waals surface area contributed by atoms with Gasteiger partial charge in [0.1, 0.15) is 0 Å². The van der Waals surface area contributed by atoms with Crippen molar-refractivity contribution >= 4 is 17.7 Å². The molecule has 1 amide bonds. The number of unbranched alkanes of at least 4 members (excludes halogenated alkanes) is 1. The van der Waals surface area contributed by atoms with Crippen molar-refractivity contribution in [2.24, 2.45) is 0 Å². The summed E-state index contributed by atoms with van der Waals surface area (Å²) in [5, 5.41) is 11.4. The molecule has 0 aliphatic rings. The second kappa shape index (κ2) is 9.00. The average molecular weight is 267 g/mol. The van der Waals surface area contributed by atoms with E-state index in [1.165, 1.54) is 11.1 Å². The molecule has 0 fully saturated rings. The number of amides is 1. The topological polar surface area (TPSA) is 49.3 Å². The molecule has 0 saturated carbocycles. The van der Waals surface area contributed by atoms with Crippen molar-refractivity contribution in [2.75, 3.05) is 18.9 Å². The molecule has 0 unspecified atom stereocenters. The van der Waals surface area contributed by atoms with E-state index in [2.05, 4.69) is 36.5 Å². The maximum absolute atomic E-state index is 11.5. The van der Waals surface area contributed by atoms with E-state index in [0.717, 1.165) is 18.6 Å². The van der Waals surface area contributed by atoms with E-state index in [1.54, 1.807) is 11.8 Å². The Bertz CT molecular complexity index is 351. The zero-order chi connectivity index (χ0) is 13.2. The van der Waals surface area contributed by atoms with Crippen molar-refractivity contribution in [2.45, 2.75) is 25.5 Å². The smallest absolute Gasteiger partial charge is 0.230 e. The van der Waals surface area contributed by atoms with Crippen LogP contribution in [0.25, 0.3) is 0 Å². The van der Waals surface area contributed by atoms with Crippen LogP contribution in [0.2, 0.25) is 0 Å². The Hall–Kier alpha value is -1.00. The van der Waals surface area contributed by atoms with Gasteiger partial charge in [-0.3, -0.25) is 4.79 Å². The molecule has 0 saturated heterocycles. The Balaban J connectivity index is 2.10. The fraction of sp³-hybridized carbons (Fsp3) is 0.500. The molecule has 0 aromatic heterocycles. The van der Waals surface area contributed by atoms with Gasteiger partial charge in [-0.1, -0.05) is 29.8 Å². The lowest BCUT2D eigenvalue weighted by Crippen LogP contribution is -2.26. The van der Waals surface area contributed by atoms with Crippen LogP contribution < -0.4 is 5.32 Å². The lowest BCUT2D eigenvalue weighted by Gasteiger charge is -2.05. The fourth-order valence-corrected chi connectivity index (χ4v) is 2.28. The second-order valence-electron chi connectivity index (χ2n) is 4.26. The van der Waals surface area contributed by atoms with E-state index in [-0.39, 0.29) is 12.5 Å². The van der Waals surface area contributed by atoms with Gasteiger partial charge in [0, 0.05) is 18.9 Å². The third kappa shape index (κ3) is 6.67. The van der Waals surface area contributed by atoms with Gasteiger partial charge in [0.25, 0.3) is 0 Å². The highest BCUT2D eigenvalue weighted by molar-refractivity contribution is 7.99. The van der Waals surface area contributed by atoms with Crippen LogP contribution in [0.15, 0.2) is 24.3 Å². The zero-order valence-electron chi connectivity index (χ0n) is 10.8. The monoisotopic (exact) mass is 267 g/mol. The van der Waals surface area contributed by atoms with Crippen LogP contribution in [0.1, 0.15) is 24.0 Å². The number of carbonyl (C=O) groups excluding carboxylic acids is 1. The molecule has 0 radical (unpaired) electrons. The lowest BCUT2D eigenvalue weighted by atomic mass is 10.2. The zero-order valence-corrected chi connectivity index (χ0v) is 11.6. The summed E-state index contributed by atoms with van der Waals surface area (Å²) in [7, 11) is 0. The molecular weight excluding hydrogens is 246 g/mol. The third-order valence-corrected chi connectivity index (χ3v) is 3.53. The molecule has 0 bridgehead atoms. The summed E-state index contributed by atoms with van der Waals surface area (Å²) in [4.78, 5) is 11.5. The van der Waals surface area contributed by atoms with E-state index in [1.807, 2.05) is 0 Å². The average Bonchev–Trinajstić information content (AvgIpc) is 2.37. The van der Waals surface area contributed by atoms with Gasteiger partial charge in [-0.25, -0.2) is 0 Å². The summed E-state index contributed by atoms with van der Waals surface area (Å²) >= 11 is 1.62. The van der Waals surface area contributed by atoms with Crippen LogP contribution >= 0.6 is 11.8 Å². The molecule has 0 aliphatic heterocycles. The summed E-state index contributed by atoms with van der Waals surface area (Å²) < 4.78 is 0. The Kier molecular flexibility index (Phi) is 7.53. The minimum absolute atomic E-state index is 0.0741. The maximum atomic E-state index is 11.5. The second-order valence-corrected chi connectivity index (χ2v) is 5.24. The first kappa shape index (κ1) is 15.1. The number of benzene rings is 1. The standard InChI is InChI=1S/C14H21NO2S/c1-12-4-6-13(7-5-12)10-18-11-14(17)15-8-2-3-9-16/h4-7,16H,2-3,8-11H2,1H3,(H,15,17). The number of thioether (sulfide) groups is 1. The molecule has 2 N–H and O–H groups in total. The Labute approximate surface area is 113 Å². The first-order valence-electron chi connectivity index (χ1n) is 6.23. The van der Waals surface area contributed by atoms with E-state index >= 15 is 0 Å². The Morgan fingerprint density at radius 2 is 2.00 bits per heavy atom. The first-order chi connectivity index (χ1) is 8.72. The largest absolute Gasteiger partial charge is 0.396 e. The highest BCUT2D eigenvalue weighted by Gasteiger charge is 2.01. The lowest BCUT2D eigenvalue weighted by molar-refractivity contribution is -0.118. The van der Waals surface area contributed by atoms with Crippen LogP contribution in [0.3, 0.4) is 0 Å². The number of hydrogen-bond donors (Lipinski definition) is 2. The van der Waals surface area contributed by atoms with Crippen LogP contribution in [0.5, 0.6) is 0 Å². The van der Waals surface area contributed by atoms with E-state index in [9.17, 15) is 4.79 Å². The molecule has 18 heavy (non-hydrogen) atoms. The van der Waals surface area contributed by atoms with Crippen LogP contribution in [-0.4, -0.2) is 29.9 Å². The number of nitrogens with one attached hydrogen (secondary N) is 1. The van der Waals surface area contributed by atoms with Crippen molar-refractivity contribution in [3.8, 4) is 0 Å². The van der Waals surface area contributed by atoms with E-state index in [4.69, 9.17) is 5.11 Å². The van der Waals surface area contributed by atoms with Crippen molar-refractivity contribution in [1.82, 2.24) is 5.32 Å². The highest BCUT2D eigenvalue weighted by Crippen LogP contribution is 2.12. The third-order valence-electron chi connectivity index (χ3n) is 2.53. The van der Waals surface area contributed by atoms with E-state index in [0.29, 0.717) is 12.3 Å². The predicted octanol–water partition coefficient (Wildman–Crippen LogP) is 2.12. The summed E-state index contributed by atoms with van der Waals surface area (Å²) in [6.07, 6.45) is 1.58. The summed E-state index contributed by atoms with van der Waals surface area (Å²) in [5.74, 6) is 1.43. The quantitative estimate of drug-likeness (QED) is 0.709. The van der Waals surface area contributed by atoms with Crippen LogP contribution in [0, 0.1) is 6.92 Å². The van der Waals surface area contributed by atoms with Gasteiger partial charge in [0.2, 0.25) is 5.91 Å². The van der Waals surface area contributed by atoms with Crippen LogP contribution in [0.4, 0.5) is 0 Å². The van der Waals surface area contributed by atoms with Crippen LogP contribution in [-0.2, 0) is 10.5 Å². The van der Waals surface area contributed by atoms with Gasteiger partial charge >= 0.3 is 0 Å². The molecule has 0 spiro atoms. The highest BCUT2D eigenvalue weighted by atomic mass is 32.2. The van der Waals surface area contributed by atoms with Gasteiger partial charge in [0.05, 0.1) is 5.75 Å². The minimum atomic E-state index is 0.0741. The molecule has 0 atom stereocenters. The Morgan fingerprint density at radius 1 is 1.28 bits per heavy atom.